The second kappa shape index (κ2) is 11.8. The summed E-state index contributed by atoms with van der Waals surface area (Å²) in [4.78, 5) is 30.3. The van der Waals surface area contributed by atoms with Gasteiger partial charge in [0.05, 0.1) is 24.4 Å². The fourth-order valence-electron chi connectivity index (χ4n) is 11.7. The van der Waals surface area contributed by atoms with E-state index in [0.29, 0.717) is 56.5 Å². The lowest BCUT2D eigenvalue weighted by atomic mass is 9.32. The number of hydrogen-bond acceptors (Lipinski definition) is 5. The number of Topliss-reactive ketones (excluding diaryl/α,β-unsaturated/α-hetero) is 1. The fourth-order valence-corrected chi connectivity index (χ4v) is 11.7. The quantitative estimate of drug-likeness (QED) is 0.208. The number of benzene rings is 2. The lowest BCUT2D eigenvalue weighted by molar-refractivity contribution is -0.175. The van der Waals surface area contributed by atoms with Crippen molar-refractivity contribution in [2.75, 3.05) is 25.0 Å². The van der Waals surface area contributed by atoms with E-state index in [0.717, 1.165) is 37.8 Å². The van der Waals surface area contributed by atoms with E-state index < -0.39 is 39.6 Å². The molecule has 3 saturated carbocycles. The first-order valence-electron chi connectivity index (χ1n) is 18.4. The highest BCUT2D eigenvalue weighted by atomic mass is 19.2. The van der Waals surface area contributed by atoms with Gasteiger partial charge in [0.1, 0.15) is 0 Å². The summed E-state index contributed by atoms with van der Waals surface area (Å²) >= 11 is 0. The van der Waals surface area contributed by atoms with E-state index in [4.69, 9.17) is 4.74 Å². The summed E-state index contributed by atoms with van der Waals surface area (Å²) in [7, 11) is 0. The molecule has 2 aromatic carbocycles. The number of aliphatic hydroxyl groups excluding tert-OH is 1. The number of anilines is 1. The van der Waals surface area contributed by atoms with Gasteiger partial charge in [0.15, 0.2) is 17.4 Å². The van der Waals surface area contributed by atoms with Crippen LogP contribution in [0.15, 0.2) is 72.3 Å². The van der Waals surface area contributed by atoms with Gasteiger partial charge < -0.3 is 25.2 Å². The van der Waals surface area contributed by atoms with Crippen molar-refractivity contribution in [1.82, 2.24) is 4.90 Å². The largest absolute Gasteiger partial charge is 0.393 e. The number of halogens is 2. The average molecular weight is 687 g/mol. The van der Waals surface area contributed by atoms with Gasteiger partial charge in [-0.15, -0.1) is 0 Å². The molecular formula is C41H48F2N2O5. The number of carbonyl (C=O) groups excluding carboxylic acids is 2. The Labute approximate surface area is 292 Å². The maximum absolute atomic E-state index is 14.7. The van der Waals surface area contributed by atoms with Crippen LogP contribution in [0, 0.1) is 45.1 Å². The van der Waals surface area contributed by atoms with Crippen molar-refractivity contribution in [3.63, 3.8) is 0 Å². The highest BCUT2D eigenvalue weighted by Crippen LogP contribution is 2.78. The number of hydrogen-bond donors (Lipinski definition) is 3. The number of nitrogens with one attached hydrogen (secondary N) is 1. The molecular weight excluding hydrogens is 638 g/mol. The van der Waals surface area contributed by atoms with E-state index in [2.05, 4.69) is 37.4 Å². The molecule has 50 heavy (non-hydrogen) atoms. The minimum Gasteiger partial charge on any atom is -0.393 e. The highest BCUT2D eigenvalue weighted by molar-refractivity contribution is 6.10. The lowest BCUT2D eigenvalue weighted by Crippen LogP contribution is -2.67. The molecule has 1 saturated heterocycles. The van der Waals surface area contributed by atoms with Gasteiger partial charge in [-0.1, -0.05) is 50.3 Å². The molecule has 6 aliphatic carbocycles. The standard InChI is InChI=1S/C41H48F2N2O5/c1-37-15-12-28(46)22-39(37)18-19-41(30(23-39)35(47)26-10-11-31(42)32(43)21-26)33(37)13-16-38(2)34(41)14-17-40(38,49)25-45(24-29-9-6-20-50-29)36(48)44-27-7-4-3-5-8-27/h3-5,7-8,10-11,18-19,21,23,28-29,33-34,46,49H,6,9,12-17,20,22,24-25H2,1-2H3,(H,44,48)/t28?,29-,33-,34-,37-,38+,39+,40-,41-/m1/s1. The number of ether oxygens (including phenoxy) is 1. The molecule has 2 spiro atoms. The molecule has 4 fully saturated rings. The summed E-state index contributed by atoms with van der Waals surface area (Å²) in [6, 6.07) is 12.4. The number of aliphatic hydroxyl groups is 2. The van der Waals surface area contributed by atoms with Crippen molar-refractivity contribution < 1.29 is 33.3 Å². The monoisotopic (exact) mass is 686 g/mol. The molecule has 9 heteroatoms. The van der Waals surface area contributed by atoms with Crippen LogP contribution in [0.2, 0.25) is 0 Å². The summed E-state index contributed by atoms with van der Waals surface area (Å²) in [6.07, 6.45) is 12.2. The van der Waals surface area contributed by atoms with Crippen LogP contribution in [0.5, 0.6) is 0 Å². The molecule has 0 radical (unpaired) electrons. The van der Waals surface area contributed by atoms with Gasteiger partial charge in [0, 0.05) is 46.2 Å². The van der Waals surface area contributed by atoms with Gasteiger partial charge in [-0.2, -0.15) is 0 Å². The van der Waals surface area contributed by atoms with E-state index in [-0.39, 0.29) is 47.3 Å². The second-order valence-corrected chi connectivity index (χ2v) is 16.6. The molecule has 2 aromatic rings. The number of ketones is 1. The van der Waals surface area contributed by atoms with Crippen molar-refractivity contribution in [2.24, 2.45) is 33.5 Å². The predicted molar refractivity (Wildman–Crippen MR) is 185 cm³/mol. The van der Waals surface area contributed by atoms with Crippen LogP contribution >= 0.6 is 0 Å². The first-order valence-corrected chi connectivity index (χ1v) is 18.4. The van der Waals surface area contributed by atoms with E-state index in [9.17, 15) is 28.6 Å². The number of para-hydroxylation sites is 1. The van der Waals surface area contributed by atoms with Gasteiger partial charge in [0.2, 0.25) is 0 Å². The number of urea groups is 1. The number of fused-ring (bicyclic) bond motifs is 1. The van der Waals surface area contributed by atoms with E-state index in [1.165, 1.54) is 6.07 Å². The molecule has 0 aromatic heterocycles. The maximum atomic E-state index is 14.7. The molecule has 1 heterocycles. The molecule has 1 aliphatic heterocycles. The Kier molecular flexibility index (Phi) is 7.97. The van der Waals surface area contributed by atoms with Crippen LogP contribution in [-0.2, 0) is 4.74 Å². The van der Waals surface area contributed by atoms with Gasteiger partial charge in [-0.05, 0) is 105 Å². The van der Waals surface area contributed by atoms with Crippen LogP contribution < -0.4 is 5.32 Å². The fraction of sp³-hybridized carbons (Fsp3) is 0.561. The van der Waals surface area contributed by atoms with Crippen molar-refractivity contribution in [1.29, 1.82) is 0 Å². The lowest BCUT2D eigenvalue weighted by Gasteiger charge is -2.71. The van der Waals surface area contributed by atoms with Gasteiger partial charge in [0.25, 0.3) is 0 Å². The first kappa shape index (κ1) is 33.7. The van der Waals surface area contributed by atoms with E-state index in [1.807, 2.05) is 30.3 Å². The number of nitrogens with zero attached hydrogens (tertiary/aromatic N) is 1. The molecule has 2 bridgehead atoms. The first-order chi connectivity index (χ1) is 23.8. The third-order valence-corrected chi connectivity index (χ3v) is 14.4. The normalized spacial score (nSPS) is 39.7. The zero-order valence-electron chi connectivity index (χ0n) is 29.0. The zero-order valence-corrected chi connectivity index (χ0v) is 29.0. The summed E-state index contributed by atoms with van der Waals surface area (Å²) < 4.78 is 34.6. The van der Waals surface area contributed by atoms with Crippen molar-refractivity contribution >= 4 is 17.5 Å². The smallest absolute Gasteiger partial charge is 0.322 e. The number of rotatable bonds is 7. The van der Waals surface area contributed by atoms with E-state index in [1.54, 1.807) is 4.90 Å². The Morgan fingerprint density at radius 2 is 1.68 bits per heavy atom. The molecule has 7 nitrogen and oxygen atoms in total. The summed E-state index contributed by atoms with van der Waals surface area (Å²) in [5.41, 5.74) is -2.14. The average Bonchev–Trinajstić information content (AvgIpc) is 3.71. The van der Waals surface area contributed by atoms with Gasteiger partial charge in [-0.25, -0.2) is 13.6 Å². The van der Waals surface area contributed by atoms with Crippen molar-refractivity contribution in [2.45, 2.75) is 89.4 Å². The third kappa shape index (κ3) is 4.82. The summed E-state index contributed by atoms with van der Waals surface area (Å²) in [6.45, 7) is 5.56. The Morgan fingerprint density at radius 1 is 0.940 bits per heavy atom. The molecule has 9 atom stereocenters. The molecule has 7 aliphatic rings. The summed E-state index contributed by atoms with van der Waals surface area (Å²) in [5, 5.41) is 26.9. The Morgan fingerprint density at radius 3 is 2.42 bits per heavy atom. The van der Waals surface area contributed by atoms with Crippen LogP contribution in [-0.4, -0.2) is 64.4 Å². The molecule has 3 N–H and O–H groups in total. The molecule has 1 unspecified atom stereocenters. The number of amides is 2. The molecule has 9 rings (SSSR count). The minimum atomic E-state index is -1.26. The highest BCUT2D eigenvalue weighted by Gasteiger charge is 2.74. The molecule has 266 valence electrons. The predicted octanol–water partition coefficient (Wildman–Crippen LogP) is 7.45. The van der Waals surface area contributed by atoms with Crippen LogP contribution in [0.1, 0.15) is 82.0 Å². The SMILES string of the molecule is C[C@]12CC[C@H]3[C@]4(C=C[C@@]5(C=C4C(=O)c4ccc(F)c(F)c4)CC(O)CC[C@]35C)[C@@H]1CC[C@@]2(O)CN(C[C@H]1CCCO1)C(=O)Nc1ccccc1. The number of carbonyl (C=O) groups is 2. The Hall–Kier alpha value is -3.40. The van der Waals surface area contributed by atoms with Crippen LogP contribution in [0.4, 0.5) is 19.3 Å². The van der Waals surface area contributed by atoms with E-state index >= 15 is 0 Å². The van der Waals surface area contributed by atoms with Crippen LogP contribution in [0.3, 0.4) is 0 Å². The molecule has 2 amide bonds. The van der Waals surface area contributed by atoms with Crippen molar-refractivity contribution in [3.05, 3.63) is 89.5 Å². The number of allylic oxidation sites excluding steroid dienone is 4. The topological polar surface area (TPSA) is 99.1 Å². The minimum absolute atomic E-state index is 0.0477. The second-order valence-electron chi connectivity index (χ2n) is 16.6. The van der Waals surface area contributed by atoms with Gasteiger partial charge in [-0.3, -0.25) is 4.79 Å². The summed E-state index contributed by atoms with van der Waals surface area (Å²) in [5.74, 6) is -2.51. The third-order valence-electron chi connectivity index (χ3n) is 14.4. The Balaban J connectivity index is 1.19. The Bertz CT molecular complexity index is 1760. The maximum Gasteiger partial charge on any atom is 0.322 e. The van der Waals surface area contributed by atoms with Crippen molar-refractivity contribution in [3.8, 4) is 0 Å². The zero-order chi connectivity index (χ0) is 35.1. The van der Waals surface area contributed by atoms with Gasteiger partial charge >= 0.3 is 6.03 Å². The van der Waals surface area contributed by atoms with Crippen LogP contribution in [0.25, 0.3) is 0 Å².